The number of hydrogen-bond donors (Lipinski definition) is 1. The normalized spacial score (nSPS) is 12.7. The molecule has 0 unspecified atom stereocenters. The van der Waals surface area contributed by atoms with E-state index in [1.165, 1.54) is 0 Å². The van der Waals surface area contributed by atoms with E-state index in [0.29, 0.717) is 0 Å². The standard InChI is InChI=1S/C7H10N2.C2H6/c1-3-6-5-8-9-7(6)4-2;1-2/h3-5,9H,1-2H3;1-2H3/b6-3-,7-4+;. The fourth-order valence-electron chi connectivity index (χ4n) is 0.767. The topological polar surface area (TPSA) is 28.7 Å². The van der Waals surface area contributed by atoms with Crippen LogP contribution in [0.2, 0.25) is 0 Å². The van der Waals surface area contributed by atoms with Crippen LogP contribution in [0.1, 0.15) is 27.7 Å². The summed E-state index contributed by atoms with van der Waals surface area (Å²) in [5, 5.41) is 9.01. The average Bonchev–Trinajstić information content (AvgIpc) is 2.54. The lowest BCUT2D eigenvalue weighted by atomic mass is 10.4. The average molecular weight is 152 g/mol. The van der Waals surface area contributed by atoms with E-state index < -0.39 is 0 Å². The lowest BCUT2D eigenvalue weighted by Crippen LogP contribution is -2.20. The van der Waals surface area contributed by atoms with Crippen LogP contribution in [0.3, 0.4) is 0 Å². The van der Waals surface area contributed by atoms with Gasteiger partial charge in [-0.1, -0.05) is 26.0 Å². The third kappa shape index (κ3) is 2.58. The van der Waals surface area contributed by atoms with Crippen molar-refractivity contribution in [1.82, 2.24) is 10.2 Å². The van der Waals surface area contributed by atoms with Crippen LogP contribution in [0.5, 0.6) is 0 Å². The molecule has 0 aromatic carbocycles. The molecule has 0 fully saturated rings. The van der Waals surface area contributed by atoms with Gasteiger partial charge in [-0.2, -0.15) is 5.10 Å². The molecule has 1 heterocycles. The molecule has 0 aliphatic carbocycles. The maximum Gasteiger partial charge on any atom is 0.0604 e. The van der Waals surface area contributed by atoms with Gasteiger partial charge in [-0.3, -0.25) is 5.10 Å². The SMILES string of the molecule is C/C=c1/cn[nH]/c1=C/C.CC. The van der Waals surface area contributed by atoms with Crippen molar-refractivity contribution in [2.45, 2.75) is 27.7 Å². The van der Waals surface area contributed by atoms with E-state index in [1.54, 1.807) is 0 Å². The molecule has 1 N–H and O–H groups in total. The summed E-state index contributed by atoms with van der Waals surface area (Å²) in [4.78, 5) is 0. The van der Waals surface area contributed by atoms with E-state index in [0.717, 1.165) is 10.6 Å². The zero-order valence-corrected chi connectivity index (χ0v) is 7.68. The summed E-state index contributed by atoms with van der Waals surface area (Å²) in [6, 6.07) is 0. The van der Waals surface area contributed by atoms with Crippen molar-refractivity contribution >= 4 is 12.2 Å². The van der Waals surface area contributed by atoms with Gasteiger partial charge in [-0.05, 0) is 13.8 Å². The first kappa shape index (κ1) is 9.95. The minimum absolute atomic E-state index is 1.09. The second-order valence-corrected chi connectivity index (χ2v) is 1.82. The van der Waals surface area contributed by atoms with Crippen molar-refractivity contribution in [2.75, 3.05) is 0 Å². The van der Waals surface area contributed by atoms with Crippen LogP contribution < -0.4 is 10.6 Å². The summed E-state index contributed by atoms with van der Waals surface area (Å²) in [6.45, 7) is 7.98. The molecule has 0 amide bonds. The smallest absolute Gasteiger partial charge is 0.0604 e. The van der Waals surface area contributed by atoms with Gasteiger partial charge in [0.25, 0.3) is 0 Å². The highest BCUT2D eigenvalue weighted by Crippen LogP contribution is 1.57. The van der Waals surface area contributed by atoms with Crippen molar-refractivity contribution in [3.63, 3.8) is 0 Å². The second-order valence-electron chi connectivity index (χ2n) is 1.82. The van der Waals surface area contributed by atoms with Crippen LogP contribution in [0.15, 0.2) is 6.20 Å². The Labute approximate surface area is 67.6 Å². The molecule has 0 saturated carbocycles. The highest BCUT2D eigenvalue weighted by molar-refractivity contribution is 5.23. The summed E-state index contributed by atoms with van der Waals surface area (Å²) >= 11 is 0. The van der Waals surface area contributed by atoms with Crippen LogP contribution in [0.4, 0.5) is 0 Å². The first-order chi connectivity index (χ1) is 5.38. The summed E-state index contributed by atoms with van der Waals surface area (Å²) in [5.41, 5.74) is 0. The molecule has 11 heavy (non-hydrogen) atoms. The molecule has 0 spiro atoms. The van der Waals surface area contributed by atoms with Gasteiger partial charge in [0.05, 0.1) is 11.5 Å². The molecule has 62 valence electrons. The molecule has 1 aromatic heterocycles. The molecule has 0 radical (unpaired) electrons. The molecular weight excluding hydrogens is 136 g/mol. The predicted octanol–water partition coefficient (Wildman–Crippen LogP) is 1.04. The Balaban J connectivity index is 0.000000461. The van der Waals surface area contributed by atoms with Gasteiger partial charge in [0, 0.05) is 5.22 Å². The Morgan fingerprint density at radius 2 is 1.91 bits per heavy atom. The van der Waals surface area contributed by atoms with Crippen molar-refractivity contribution < 1.29 is 0 Å². The molecular formula is C9H16N2. The highest BCUT2D eigenvalue weighted by Gasteiger charge is 1.79. The van der Waals surface area contributed by atoms with E-state index in [4.69, 9.17) is 0 Å². The van der Waals surface area contributed by atoms with Crippen LogP contribution in [0, 0.1) is 0 Å². The van der Waals surface area contributed by atoms with Crippen LogP contribution in [-0.4, -0.2) is 10.2 Å². The molecule has 0 atom stereocenters. The van der Waals surface area contributed by atoms with Crippen LogP contribution in [-0.2, 0) is 0 Å². The van der Waals surface area contributed by atoms with Gasteiger partial charge in [0.15, 0.2) is 0 Å². The summed E-state index contributed by atoms with van der Waals surface area (Å²) in [6.07, 6.45) is 5.84. The minimum Gasteiger partial charge on any atom is -0.278 e. The highest BCUT2D eigenvalue weighted by atomic mass is 15.1. The lowest BCUT2D eigenvalue weighted by molar-refractivity contribution is 1.06. The Morgan fingerprint density at radius 3 is 2.27 bits per heavy atom. The predicted molar refractivity (Wildman–Crippen MR) is 49.5 cm³/mol. The summed E-state index contributed by atoms with van der Waals surface area (Å²) in [7, 11) is 0. The monoisotopic (exact) mass is 152 g/mol. The fraction of sp³-hybridized carbons (Fsp3) is 0.444. The minimum atomic E-state index is 1.09. The van der Waals surface area contributed by atoms with E-state index in [-0.39, 0.29) is 0 Å². The first-order valence-corrected chi connectivity index (χ1v) is 4.00. The number of nitrogens with one attached hydrogen (secondary N) is 1. The molecule has 2 heteroatoms. The quantitative estimate of drug-likeness (QED) is 0.591. The number of rotatable bonds is 0. The van der Waals surface area contributed by atoms with E-state index in [1.807, 2.05) is 46.0 Å². The molecule has 2 nitrogen and oxygen atoms in total. The zero-order chi connectivity index (χ0) is 8.69. The molecule has 0 bridgehead atoms. The van der Waals surface area contributed by atoms with Gasteiger partial charge < -0.3 is 0 Å². The zero-order valence-electron chi connectivity index (χ0n) is 7.68. The molecule has 0 aliphatic rings. The first-order valence-electron chi connectivity index (χ1n) is 4.00. The van der Waals surface area contributed by atoms with E-state index in [9.17, 15) is 0 Å². The van der Waals surface area contributed by atoms with Gasteiger partial charge in [0.1, 0.15) is 0 Å². The largest absolute Gasteiger partial charge is 0.278 e. The van der Waals surface area contributed by atoms with Gasteiger partial charge in [-0.15, -0.1) is 0 Å². The number of hydrogen-bond acceptors (Lipinski definition) is 1. The fourth-order valence-corrected chi connectivity index (χ4v) is 0.767. The molecule has 1 aromatic rings. The molecule has 0 saturated heterocycles. The summed E-state index contributed by atoms with van der Waals surface area (Å²) in [5.74, 6) is 0. The van der Waals surface area contributed by atoms with Crippen molar-refractivity contribution in [3.05, 3.63) is 16.8 Å². The third-order valence-electron chi connectivity index (χ3n) is 1.30. The Bertz CT molecular complexity index is 254. The number of nitrogens with zero attached hydrogens (tertiary/aromatic N) is 1. The van der Waals surface area contributed by atoms with Gasteiger partial charge >= 0.3 is 0 Å². The molecule has 0 aliphatic heterocycles. The number of aromatic amines is 1. The van der Waals surface area contributed by atoms with Crippen molar-refractivity contribution in [1.29, 1.82) is 0 Å². The Hall–Kier alpha value is -1.05. The Morgan fingerprint density at radius 1 is 1.27 bits per heavy atom. The second kappa shape index (κ2) is 5.71. The third-order valence-corrected chi connectivity index (χ3v) is 1.30. The number of aromatic nitrogens is 2. The van der Waals surface area contributed by atoms with Crippen LogP contribution in [0.25, 0.3) is 12.2 Å². The lowest BCUT2D eigenvalue weighted by Gasteiger charge is -1.70. The van der Waals surface area contributed by atoms with Crippen molar-refractivity contribution in [2.24, 2.45) is 0 Å². The van der Waals surface area contributed by atoms with Crippen molar-refractivity contribution in [3.8, 4) is 0 Å². The summed E-state index contributed by atoms with van der Waals surface area (Å²) < 4.78 is 0. The Kier molecular flexibility index (Phi) is 5.17. The van der Waals surface area contributed by atoms with Gasteiger partial charge in [-0.25, -0.2) is 0 Å². The van der Waals surface area contributed by atoms with E-state index >= 15 is 0 Å². The van der Waals surface area contributed by atoms with Gasteiger partial charge in [0.2, 0.25) is 0 Å². The molecule has 1 rings (SSSR count). The maximum absolute atomic E-state index is 3.88. The van der Waals surface area contributed by atoms with E-state index in [2.05, 4.69) is 10.2 Å². The number of H-pyrrole nitrogens is 1. The maximum atomic E-state index is 3.88. The van der Waals surface area contributed by atoms with Crippen LogP contribution >= 0.6 is 0 Å².